The third-order valence-electron chi connectivity index (χ3n) is 6.02. The molecule has 5 nitrogen and oxygen atoms in total. The highest BCUT2D eigenvalue weighted by Gasteiger charge is 2.20. The molecule has 0 unspecified atom stereocenters. The lowest BCUT2D eigenvalue weighted by Crippen LogP contribution is -2.12. The number of halogens is 2. The molecule has 0 aliphatic carbocycles. The first-order valence-corrected chi connectivity index (χ1v) is 13.4. The van der Waals surface area contributed by atoms with E-state index in [-0.39, 0.29) is 16.9 Å². The molecule has 0 atom stereocenters. The molecule has 4 aromatic rings. The number of nitrogens with one attached hydrogen (secondary N) is 1. The van der Waals surface area contributed by atoms with E-state index in [0.29, 0.717) is 29.2 Å². The van der Waals surface area contributed by atoms with Crippen molar-refractivity contribution >= 4 is 62.2 Å². The Morgan fingerprint density at radius 2 is 1.87 bits per heavy atom. The number of pyridine rings is 1. The molecule has 0 saturated carbocycles. The fraction of sp³-hybridized carbons (Fsp3) is 0.194. The molecule has 38 heavy (non-hydrogen) atoms. The number of allylic oxidation sites excluding steroid dienone is 1. The molecule has 0 fully saturated rings. The van der Waals surface area contributed by atoms with E-state index < -0.39 is 0 Å². The monoisotopic (exact) mass is 589 g/mol. The number of fused-ring (bicyclic) bond motifs is 1. The van der Waals surface area contributed by atoms with E-state index in [9.17, 15) is 9.90 Å². The smallest absolute Gasteiger partial charge is 0.185 e. The zero-order chi connectivity index (χ0) is 27.3. The molecule has 0 bridgehead atoms. The fourth-order valence-electron chi connectivity index (χ4n) is 4.02. The second-order valence-corrected chi connectivity index (χ2v) is 11.3. The maximum atomic E-state index is 12.6. The molecular formula is C31H29BrClN3O2. The Hall–Kier alpha value is -3.48. The molecule has 2 N–H and O–H groups in total. The second kappa shape index (κ2) is 11.9. The standard InChI is InChI=1S/C31H29BrClN3O2/c1-31(2,3)26-17-20(4-11-29(37)21-5-7-23(32)8-6-21)16-22(30(26)38)19-34-14-15-36-27-12-13-35-28-18-24(33)9-10-25(27)28/h4-13,16-19,38H,14-15H2,1-3H3,(H,35,36). The lowest BCUT2D eigenvalue weighted by molar-refractivity contribution is 0.104. The van der Waals surface area contributed by atoms with E-state index in [1.165, 1.54) is 0 Å². The van der Waals surface area contributed by atoms with Crippen LogP contribution in [0.25, 0.3) is 17.0 Å². The third kappa shape index (κ3) is 6.88. The number of phenols is 1. The Morgan fingerprint density at radius 3 is 2.61 bits per heavy atom. The Morgan fingerprint density at radius 1 is 1.11 bits per heavy atom. The molecule has 0 amide bonds. The highest BCUT2D eigenvalue weighted by Crippen LogP contribution is 2.34. The minimum Gasteiger partial charge on any atom is -0.507 e. The normalized spacial score (nSPS) is 12.0. The summed E-state index contributed by atoms with van der Waals surface area (Å²) in [5.74, 6) is 0.109. The van der Waals surface area contributed by atoms with Crippen LogP contribution in [0.4, 0.5) is 5.69 Å². The van der Waals surface area contributed by atoms with E-state index in [0.717, 1.165) is 32.2 Å². The van der Waals surface area contributed by atoms with Gasteiger partial charge in [-0.3, -0.25) is 14.8 Å². The van der Waals surface area contributed by atoms with E-state index in [2.05, 4.69) is 31.2 Å². The number of aromatic hydroxyl groups is 1. The molecule has 0 aliphatic rings. The summed E-state index contributed by atoms with van der Waals surface area (Å²) < 4.78 is 0.921. The van der Waals surface area contributed by atoms with Crippen LogP contribution in [0.15, 0.2) is 82.4 Å². The van der Waals surface area contributed by atoms with E-state index >= 15 is 0 Å². The number of nitrogens with zero attached hydrogens (tertiary/aromatic N) is 2. The van der Waals surface area contributed by atoms with Crippen LogP contribution >= 0.6 is 27.5 Å². The average molecular weight is 591 g/mol. The lowest BCUT2D eigenvalue weighted by atomic mass is 9.84. The molecule has 7 heteroatoms. The van der Waals surface area contributed by atoms with Gasteiger partial charge in [0.05, 0.1) is 12.1 Å². The Bertz CT molecular complexity index is 1520. The summed E-state index contributed by atoms with van der Waals surface area (Å²) in [6.07, 6.45) is 6.76. The van der Waals surface area contributed by atoms with Crippen LogP contribution in [-0.4, -0.2) is 35.2 Å². The minimum absolute atomic E-state index is 0.0879. The molecule has 4 rings (SSSR count). The van der Waals surface area contributed by atoms with Crippen molar-refractivity contribution in [3.05, 3.63) is 105 Å². The zero-order valence-electron chi connectivity index (χ0n) is 21.5. The van der Waals surface area contributed by atoms with Gasteiger partial charge in [0.15, 0.2) is 5.78 Å². The highest BCUT2D eigenvalue weighted by molar-refractivity contribution is 9.10. The van der Waals surface area contributed by atoms with Crippen molar-refractivity contribution in [3.63, 3.8) is 0 Å². The quantitative estimate of drug-likeness (QED) is 0.0941. The summed E-state index contributed by atoms with van der Waals surface area (Å²) in [5, 5.41) is 16.0. The Kier molecular flexibility index (Phi) is 8.65. The van der Waals surface area contributed by atoms with Crippen LogP contribution in [-0.2, 0) is 5.41 Å². The van der Waals surface area contributed by atoms with Crippen molar-refractivity contribution in [3.8, 4) is 5.75 Å². The lowest BCUT2D eigenvalue weighted by Gasteiger charge is -2.22. The number of aromatic nitrogens is 1. The van der Waals surface area contributed by atoms with Gasteiger partial charge in [-0.1, -0.05) is 54.4 Å². The number of hydrogen-bond acceptors (Lipinski definition) is 5. The van der Waals surface area contributed by atoms with Gasteiger partial charge < -0.3 is 10.4 Å². The molecule has 0 radical (unpaired) electrons. The summed E-state index contributed by atoms with van der Waals surface area (Å²) >= 11 is 9.47. The average Bonchev–Trinajstić information content (AvgIpc) is 2.88. The molecule has 1 heterocycles. The van der Waals surface area contributed by atoms with Gasteiger partial charge in [0.1, 0.15) is 5.75 Å². The van der Waals surface area contributed by atoms with Crippen molar-refractivity contribution in [1.29, 1.82) is 0 Å². The van der Waals surface area contributed by atoms with Crippen molar-refractivity contribution in [1.82, 2.24) is 4.98 Å². The van der Waals surface area contributed by atoms with E-state index in [1.807, 2.05) is 69.3 Å². The van der Waals surface area contributed by atoms with Gasteiger partial charge in [-0.2, -0.15) is 0 Å². The van der Waals surface area contributed by atoms with Crippen molar-refractivity contribution in [2.24, 2.45) is 4.99 Å². The zero-order valence-corrected chi connectivity index (χ0v) is 23.8. The Balaban J connectivity index is 1.49. The van der Waals surface area contributed by atoms with Crippen molar-refractivity contribution < 1.29 is 9.90 Å². The number of ketones is 1. The molecule has 194 valence electrons. The van der Waals surface area contributed by atoms with E-state index in [4.69, 9.17) is 11.6 Å². The third-order valence-corrected chi connectivity index (χ3v) is 6.78. The maximum absolute atomic E-state index is 12.6. The fourth-order valence-corrected chi connectivity index (χ4v) is 4.45. The number of benzene rings is 3. The summed E-state index contributed by atoms with van der Waals surface area (Å²) in [6.45, 7) is 7.23. The highest BCUT2D eigenvalue weighted by atomic mass is 79.9. The summed E-state index contributed by atoms with van der Waals surface area (Å²) in [4.78, 5) is 21.5. The first kappa shape index (κ1) is 27.6. The van der Waals surface area contributed by atoms with Crippen LogP contribution in [0.5, 0.6) is 5.75 Å². The molecular weight excluding hydrogens is 562 g/mol. The number of phenolic OH excluding ortho intramolecular Hbond substituents is 1. The van der Waals surface area contributed by atoms with Gasteiger partial charge in [0.25, 0.3) is 0 Å². The number of carbonyl (C=O) groups excluding carboxylic acids is 1. The van der Waals surface area contributed by atoms with Gasteiger partial charge >= 0.3 is 0 Å². The predicted octanol–water partition coefficient (Wildman–Crippen LogP) is 8.08. The van der Waals surface area contributed by atoms with Gasteiger partial charge in [-0.05, 0) is 77.7 Å². The molecule has 0 aliphatic heterocycles. The number of aliphatic imine (C=N–C) groups is 1. The predicted molar refractivity (Wildman–Crippen MR) is 162 cm³/mol. The SMILES string of the molecule is CC(C)(C)c1cc(C=CC(=O)c2ccc(Br)cc2)cc(C=NCCNc2ccnc3cc(Cl)ccc23)c1O. The molecule has 3 aromatic carbocycles. The second-order valence-electron chi connectivity index (χ2n) is 9.94. The summed E-state index contributed by atoms with van der Waals surface area (Å²) in [5.41, 5.74) is 4.32. The number of carbonyl (C=O) groups is 1. The van der Waals surface area contributed by atoms with E-state index in [1.54, 1.807) is 36.7 Å². The van der Waals surface area contributed by atoms with Crippen LogP contribution in [0, 0.1) is 0 Å². The van der Waals surface area contributed by atoms with Gasteiger partial charge in [-0.25, -0.2) is 0 Å². The van der Waals surface area contributed by atoms with Crippen LogP contribution in [0.1, 0.15) is 47.8 Å². The van der Waals surface area contributed by atoms with Crippen LogP contribution in [0.3, 0.4) is 0 Å². The topological polar surface area (TPSA) is 74.6 Å². The first-order chi connectivity index (χ1) is 18.1. The number of rotatable bonds is 8. The Labute approximate surface area is 236 Å². The van der Waals surface area contributed by atoms with Crippen molar-refractivity contribution in [2.45, 2.75) is 26.2 Å². The largest absolute Gasteiger partial charge is 0.507 e. The molecule has 0 saturated heterocycles. The molecule has 1 aromatic heterocycles. The first-order valence-electron chi connectivity index (χ1n) is 12.3. The van der Waals surface area contributed by atoms with Gasteiger partial charge in [0.2, 0.25) is 0 Å². The number of hydrogen-bond donors (Lipinski definition) is 2. The van der Waals surface area contributed by atoms with Crippen LogP contribution in [0.2, 0.25) is 5.02 Å². The minimum atomic E-state index is -0.293. The van der Waals surface area contributed by atoms with Crippen LogP contribution < -0.4 is 5.32 Å². The van der Waals surface area contributed by atoms with Gasteiger partial charge in [-0.15, -0.1) is 0 Å². The summed E-state index contributed by atoms with van der Waals surface area (Å²) in [7, 11) is 0. The number of anilines is 1. The van der Waals surface area contributed by atoms with Gasteiger partial charge in [0, 0.05) is 56.2 Å². The summed E-state index contributed by atoms with van der Waals surface area (Å²) in [6, 6.07) is 18.6. The molecule has 0 spiro atoms. The maximum Gasteiger partial charge on any atom is 0.185 e. The van der Waals surface area contributed by atoms with Crippen molar-refractivity contribution in [2.75, 3.05) is 18.4 Å².